The maximum Gasteiger partial charge on any atom is 0.0999 e. The Morgan fingerprint density at radius 2 is 1.12 bits per heavy atom. The normalized spacial score (nSPS) is 12.9. The standard InChI is InChI=1S/C15H31F/c1-3-5-6-7-8-9-10-11-12-13-14-15(16)4-2/h15H,3-14H2,1-2H3. The zero-order chi connectivity index (χ0) is 12.1. The highest BCUT2D eigenvalue weighted by molar-refractivity contribution is 4.54. The number of hydrogen-bond acceptors (Lipinski definition) is 0. The van der Waals surface area contributed by atoms with Gasteiger partial charge in [-0.2, -0.15) is 0 Å². The molecule has 0 aliphatic carbocycles. The molecule has 0 nitrogen and oxygen atoms in total. The molecule has 1 heteroatoms. The molecule has 0 amide bonds. The monoisotopic (exact) mass is 230 g/mol. The lowest BCUT2D eigenvalue weighted by Crippen LogP contribution is -1.96. The molecule has 0 rings (SSSR count). The van der Waals surface area contributed by atoms with Crippen LogP contribution in [0.2, 0.25) is 0 Å². The Balaban J connectivity index is 2.93. The fourth-order valence-corrected chi connectivity index (χ4v) is 2.06. The van der Waals surface area contributed by atoms with Gasteiger partial charge in [-0.3, -0.25) is 0 Å². The highest BCUT2D eigenvalue weighted by Gasteiger charge is 2.01. The molecule has 16 heavy (non-hydrogen) atoms. The SMILES string of the molecule is CCCCCCCCCCCCC(F)CC. The second-order valence-electron chi connectivity index (χ2n) is 4.98. The minimum Gasteiger partial charge on any atom is -0.248 e. The lowest BCUT2D eigenvalue weighted by Gasteiger charge is -2.04. The summed E-state index contributed by atoms with van der Waals surface area (Å²) in [6.45, 7) is 4.19. The molecule has 0 aliphatic heterocycles. The van der Waals surface area contributed by atoms with Crippen LogP contribution in [-0.2, 0) is 0 Å². The van der Waals surface area contributed by atoms with Crippen LogP contribution >= 0.6 is 0 Å². The summed E-state index contributed by atoms with van der Waals surface area (Å²) < 4.78 is 12.9. The first-order valence-electron chi connectivity index (χ1n) is 7.45. The van der Waals surface area contributed by atoms with Crippen molar-refractivity contribution in [2.75, 3.05) is 0 Å². The van der Waals surface area contributed by atoms with Crippen LogP contribution < -0.4 is 0 Å². The van der Waals surface area contributed by atoms with Crippen LogP contribution in [0.3, 0.4) is 0 Å². The van der Waals surface area contributed by atoms with Gasteiger partial charge in [-0.05, 0) is 12.8 Å². The van der Waals surface area contributed by atoms with Crippen LogP contribution in [-0.4, -0.2) is 6.17 Å². The van der Waals surface area contributed by atoms with Crippen molar-refractivity contribution in [3.05, 3.63) is 0 Å². The second kappa shape index (κ2) is 13.0. The third-order valence-electron chi connectivity index (χ3n) is 3.31. The highest BCUT2D eigenvalue weighted by atomic mass is 19.1. The first-order chi connectivity index (χ1) is 7.81. The molecule has 98 valence electrons. The number of halogens is 1. The maximum absolute atomic E-state index is 12.9. The molecule has 0 fully saturated rings. The van der Waals surface area contributed by atoms with E-state index in [4.69, 9.17) is 0 Å². The van der Waals surface area contributed by atoms with Gasteiger partial charge in [0.05, 0.1) is 6.17 Å². The molecule has 0 aromatic rings. The van der Waals surface area contributed by atoms with Crippen molar-refractivity contribution in [3.8, 4) is 0 Å². The minimum absolute atomic E-state index is 0.547. The zero-order valence-electron chi connectivity index (χ0n) is 11.4. The Morgan fingerprint density at radius 1 is 0.688 bits per heavy atom. The summed E-state index contributed by atoms with van der Waals surface area (Å²) in [6.07, 6.45) is 14.3. The lowest BCUT2D eigenvalue weighted by molar-refractivity contribution is 0.296. The Hall–Kier alpha value is -0.0700. The average molecular weight is 230 g/mol. The number of alkyl halides is 1. The quantitative estimate of drug-likeness (QED) is 0.358. The van der Waals surface area contributed by atoms with Crippen LogP contribution in [0.4, 0.5) is 4.39 Å². The molecular weight excluding hydrogens is 199 g/mol. The molecular formula is C15H31F. The molecule has 0 aromatic heterocycles. The molecule has 0 aromatic carbocycles. The van der Waals surface area contributed by atoms with E-state index in [1.807, 2.05) is 6.92 Å². The topological polar surface area (TPSA) is 0 Å². The fraction of sp³-hybridized carbons (Fsp3) is 1.00. The lowest BCUT2D eigenvalue weighted by atomic mass is 10.0. The van der Waals surface area contributed by atoms with E-state index in [1.54, 1.807) is 0 Å². The second-order valence-corrected chi connectivity index (χ2v) is 4.98. The number of hydrogen-bond donors (Lipinski definition) is 0. The Labute approximate surface area is 102 Å². The van der Waals surface area contributed by atoms with Crippen LogP contribution in [0.15, 0.2) is 0 Å². The van der Waals surface area contributed by atoms with E-state index in [2.05, 4.69) is 6.92 Å². The van der Waals surface area contributed by atoms with Gasteiger partial charge in [0.1, 0.15) is 0 Å². The van der Waals surface area contributed by atoms with Crippen molar-refractivity contribution < 1.29 is 4.39 Å². The van der Waals surface area contributed by atoms with Gasteiger partial charge in [-0.15, -0.1) is 0 Å². The summed E-state index contributed by atoms with van der Waals surface area (Å²) in [6, 6.07) is 0. The van der Waals surface area contributed by atoms with E-state index < -0.39 is 6.17 Å². The van der Waals surface area contributed by atoms with Gasteiger partial charge in [0.15, 0.2) is 0 Å². The van der Waals surface area contributed by atoms with Crippen molar-refractivity contribution in [1.82, 2.24) is 0 Å². The largest absolute Gasteiger partial charge is 0.248 e. The summed E-state index contributed by atoms with van der Waals surface area (Å²) >= 11 is 0. The van der Waals surface area contributed by atoms with Gasteiger partial charge < -0.3 is 0 Å². The van der Waals surface area contributed by atoms with E-state index in [0.29, 0.717) is 6.42 Å². The number of unbranched alkanes of at least 4 members (excludes halogenated alkanes) is 9. The van der Waals surface area contributed by atoms with Crippen LogP contribution in [0.25, 0.3) is 0 Å². The molecule has 0 radical (unpaired) electrons. The van der Waals surface area contributed by atoms with Gasteiger partial charge in [-0.25, -0.2) is 4.39 Å². The van der Waals surface area contributed by atoms with E-state index in [9.17, 15) is 4.39 Å². The minimum atomic E-state index is -0.547. The van der Waals surface area contributed by atoms with E-state index >= 15 is 0 Å². The predicted octanol–water partition coefficient (Wildman–Crippen LogP) is 6.05. The summed E-state index contributed by atoms with van der Waals surface area (Å²) in [5.74, 6) is 0. The molecule has 0 aliphatic rings. The molecule has 1 unspecified atom stereocenters. The fourth-order valence-electron chi connectivity index (χ4n) is 2.06. The Kier molecular flexibility index (Phi) is 12.9. The molecule has 1 atom stereocenters. The van der Waals surface area contributed by atoms with Gasteiger partial charge in [0.2, 0.25) is 0 Å². The maximum atomic E-state index is 12.9. The van der Waals surface area contributed by atoms with E-state index in [1.165, 1.54) is 57.8 Å². The van der Waals surface area contributed by atoms with E-state index in [0.717, 1.165) is 12.8 Å². The highest BCUT2D eigenvalue weighted by Crippen LogP contribution is 2.13. The van der Waals surface area contributed by atoms with Gasteiger partial charge in [0.25, 0.3) is 0 Å². The molecule has 0 saturated heterocycles. The molecule has 0 spiro atoms. The smallest absolute Gasteiger partial charge is 0.0999 e. The first-order valence-corrected chi connectivity index (χ1v) is 7.45. The molecule has 0 N–H and O–H groups in total. The predicted molar refractivity (Wildman–Crippen MR) is 71.6 cm³/mol. The van der Waals surface area contributed by atoms with Crippen LogP contribution in [0, 0.1) is 0 Å². The third-order valence-corrected chi connectivity index (χ3v) is 3.31. The average Bonchev–Trinajstić information content (AvgIpc) is 2.31. The van der Waals surface area contributed by atoms with Crippen molar-refractivity contribution in [2.24, 2.45) is 0 Å². The summed E-state index contributed by atoms with van der Waals surface area (Å²) in [5, 5.41) is 0. The van der Waals surface area contributed by atoms with E-state index in [-0.39, 0.29) is 0 Å². The van der Waals surface area contributed by atoms with Gasteiger partial charge in [0, 0.05) is 0 Å². The van der Waals surface area contributed by atoms with Crippen LogP contribution in [0.5, 0.6) is 0 Å². The van der Waals surface area contributed by atoms with Crippen molar-refractivity contribution in [1.29, 1.82) is 0 Å². The zero-order valence-corrected chi connectivity index (χ0v) is 11.4. The van der Waals surface area contributed by atoms with Crippen molar-refractivity contribution >= 4 is 0 Å². The van der Waals surface area contributed by atoms with Crippen LogP contribution in [0.1, 0.15) is 90.9 Å². The van der Waals surface area contributed by atoms with Gasteiger partial charge in [-0.1, -0.05) is 78.1 Å². The molecule has 0 bridgehead atoms. The summed E-state index contributed by atoms with van der Waals surface area (Å²) in [7, 11) is 0. The summed E-state index contributed by atoms with van der Waals surface area (Å²) in [4.78, 5) is 0. The van der Waals surface area contributed by atoms with Crippen molar-refractivity contribution in [2.45, 2.75) is 97.1 Å². The number of rotatable bonds is 12. The van der Waals surface area contributed by atoms with Gasteiger partial charge >= 0.3 is 0 Å². The molecule has 0 saturated carbocycles. The summed E-state index contributed by atoms with van der Waals surface area (Å²) in [5.41, 5.74) is 0. The molecule has 0 heterocycles. The first kappa shape index (κ1) is 15.9. The Morgan fingerprint density at radius 3 is 1.56 bits per heavy atom. The van der Waals surface area contributed by atoms with Crippen molar-refractivity contribution in [3.63, 3.8) is 0 Å². The third kappa shape index (κ3) is 12.0. The Bertz CT molecular complexity index is 123.